The maximum atomic E-state index is 11.9. The van der Waals surface area contributed by atoms with Gasteiger partial charge in [0.25, 0.3) is 5.91 Å². The lowest BCUT2D eigenvalue weighted by Crippen LogP contribution is -2.29. The van der Waals surface area contributed by atoms with Gasteiger partial charge in [0.1, 0.15) is 12.3 Å². The Morgan fingerprint density at radius 3 is 2.91 bits per heavy atom. The first-order chi connectivity index (χ1) is 10.4. The van der Waals surface area contributed by atoms with Gasteiger partial charge in [-0.15, -0.1) is 11.3 Å². The number of carbonyl (C=O) groups is 1. The molecule has 0 radical (unpaired) electrons. The Bertz CT molecular complexity index is 623. The number of aryl methyl sites for hydroxylation is 1. The van der Waals surface area contributed by atoms with E-state index in [-0.39, 0.29) is 18.8 Å². The van der Waals surface area contributed by atoms with Crippen LogP contribution < -0.4 is 5.32 Å². The molecule has 1 N–H and O–H groups in total. The average molecular weight is 334 g/mol. The lowest BCUT2D eigenvalue weighted by Gasteiger charge is -2.08. The minimum atomic E-state index is -4.37. The third-order valence-corrected chi connectivity index (χ3v) is 3.53. The molecule has 0 aromatic carbocycles. The number of carbonyl (C=O) groups excluding carboxylic acids is 1. The quantitative estimate of drug-likeness (QED) is 0.825. The summed E-state index contributed by atoms with van der Waals surface area (Å²) < 4.78 is 45.2. The van der Waals surface area contributed by atoms with Gasteiger partial charge in [0, 0.05) is 11.4 Å². The van der Waals surface area contributed by atoms with E-state index < -0.39 is 18.7 Å². The van der Waals surface area contributed by atoms with Crippen molar-refractivity contribution in [2.24, 2.45) is 0 Å². The lowest BCUT2D eigenvalue weighted by atomic mass is 10.3. The zero-order chi connectivity index (χ0) is 16.2. The lowest BCUT2D eigenvalue weighted by molar-refractivity contribution is -0.173. The topological polar surface area (TPSA) is 64.4 Å². The standard InChI is InChI=1S/C13H13F3N2O3S/c1-8-10(18-12(22-8)9-3-2-5-21-9)11(19)17-4-6-20-7-13(14,15)16/h2-3,5H,4,6-7H2,1H3,(H,17,19). The molecule has 0 unspecified atom stereocenters. The zero-order valence-corrected chi connectivity index (χ0v) is 12.4. The van der Waals surface area contributed by atoms with E-state index in [4.69, 9.17) is 4.42 Å². The summed E-state index contributed by atoms with van der Waals surface area (Å²) in [6.45, 7) is 0.155. The summed E-state index contributed by atoms with van der Waals surface area (Å²) >= 11 is 1.30. The smallest absolute Gasteiger partial charge is 0.411 e. The van der Waals surface area contributed by atoms with Gasteiger partial charge in [-0.1, -0.05) is 0 Å². The number of rotatable bonds is 6. The van der Waals surface area contributed by atoms with Gasteiger partial charge in [0.2, 0.25) is 0 Å². The van der Waals surface area contributed by atoms with Crippen LogP contribution in [0, 0.1) is 6.92 Å². The second-order valence-corrected chi connectivity index (χ2v) is 5.53. The summed E-state index contributed by atoms with van der Waals surface area (Å²) in [4.78, 5) is 16.8. The molecule has 0 bridgehead atoms. The predicted octanol–water partition coefficient (Wildman–Crippen LogP) is 3.02. The third-order valence-electron chi connectivity index (χ3n) is 2.54. The molecule has 2 heterocycles. The fraction of sp³-hybridized carbons (Fsp3) is 0.385. The van der Waals surface area contributed by atoms with Crippen molar-refractivity contribution in [2.75, 3.05) is 19.8 Å². The van der Waals surface area contributed by atoms with Crippen LogP contribution in [-0.4, -0.2) is 36.8 Å². The number of nitrogens with zero attached hydrogens (tertiary/aromatic N) is 1. The molecular formula is C13H13F3N2O3S. The van der Waals surface area contributed by atoms with E-state index in [0.29, 0.717) is 15.6 Å². The summed E-state index contributed by atoms with van der Waals surface area (Å²) in [5, 5.41) is 3.04. The van der Waals surface area contributed by atoms with Crippen LogP contribution in [-0.2, 0) is 4.74 Å². The Hall–Kier alpha value is -1.87. The first-order valence-electron chi connectivity index (χ1n) is 6.31. The van der Waals surface area contributed by atoms with Crippen LogP contribution in [0.15, 0.2) is 22.8 Å². The molecule has 1 amide bonds. The van der Waals surface area contributed by atoms with Crippen LogP contribution in [0.1, 0.15) is 15.4 Å². The number of furan rings is 1. The predicted molar refractivity (Wildman–Crippen MR) is 73.8 cm³/mol. The first-order valence-corrected chi connectivity index (χ1v) is 7.12. The highest BCUT2D eigenvalue weighted by atomic mass is 32.1. The van der Waals surface area contributed by atoms with E-state index >= 15 is 0 Å². The van der Waals surface area contributed by atoms with Gasteiger partial charge in [-0.25, -0.2) is 4.98 Å². The van der Waals surface area contributed by atoms with Gasteiger partial charge in [-0.05, 0) is 19.1 Å². The Balaban J connectivity index is 1.85. The molecule has 0 aliphatic rings. The Morgan fingerprint density at radius 1 is 1.50 bits per heavy atom. The van der Waals surface area contributed by atoms with Crippen LogP contribution in [0.4, 0.5) is 13.2 Å². The maximum Gasteiger partial charge on any atom is 0.411 e. The zero-order valence-electron chi connectivity index (χ0n) is 11.6. The second kappa shape index (κ2) is 6.93. The number of aromatic nitrogens is 1. The molecule has 2 aromatic rings. The van der Waals surface area contributed by atoms with E-state index in [9.17, 15) is 18.0 Å². The summed E-state index contributed by atoms with van der Waals surface area (Å²) in [6.07, 6.45) is -2.86. The average Bonchev–Trinajstić information content (AvgIpc) is 3.05. The number of amides is 1. The van der Waals surface area contributed by atoms with Gasteiger partial charge < -0.3 is 14.5 Å². The maximum absolute atomic E-state index is 11.9. The van der Waals surface area contributed by atoms with Gasteiger partial charge in [-0.2, -0.15) is 13.2 Å². The Kier molecular flexibility index (Phi) is 5.19. The van der Waals surface area contributed by atoms with E-state index in [1.54, 1.807) is 19.1 Å². The minimum absolute atomic E-state index is 0.0258. The van der Waals surface area contributed by atoms with Crippen molar-refractivity contribution in [1.82, 2.24) is 10.3 Å². The van der Waals surface area contributed by atoms with Crippen LogP contribution in [0.5, 0.6) is 0 Å². The molecule has 2 aromatic heterocycles. The summed E-state index contributed by atoms with van der Waals surface area (Å²) in [5.74, 6) is 0.0998. The highest BCUT2D eigenvalue weighted by molar-refractivity contribution is 7.15. The van der Waals surface area contributed by atoms with E-state index in [1.807, 2.05) is 0 Å². The van der Waals surface area contributed by atoms with Crippen molar-refractivity contribution in [3.63, 3.8) is 0 Å². The minimum Gasteiger partial charge on any atom is -0.462 e. The molecule has 0 saturated heterocycles. The van der Waals surface area contributed by atoms with E-state index in [0.717, 1.165) is 0 Å². The molecule has 0 fully saturated rings. The first kappa shape index (κ1) is 16.5. The van der Waals surface area contributed by atoms with Crippen LogP contribution in [0.25, 0.3) is 10.8 Å². The van der Waals surface area contributed by atoms with E-state index in [2.05, 4.69) is 15.0 Å². The Morgan fingerprint density at radius 2 is 2.27 bits per heavy atom. The van der Waals surface area contributed by atoms with Crippen molar-refractivity contribution in [3.8, 4) is 10.8 Å². The summed E-state index contributed by atoms with van der Waals surface area (Å²) in [5.41, 5.74) is 0.229. The highest BCUT2D eigenvalue weighted by Gasteiger charge is 2.27. The van der Waals surface area contributed by atoms with Crippen molar-refractivity contribution in [2.45, 2.75) is 13.1 Å². The van der Waals surface area contributed by atoms with Crippen molar-refractivity contribution >= 4 is 17.2 Å². The van der Waals surface area contributed by atoms with Crippen LogP contribution in [0.2, 0.25) is 0 Å². The third kappa shape index (κ3) is 4.57. The second-order valence-electron chi connectivity index (χ2n) is 4.32. The molecule has 0 saturated carbocycles. The van der Waals surface area contributed by atoms with Gasteiger partial charge >= 0.3 is 6.18 Å². The molecule has 0 aliphatic heterocycles. The normalized spacial score (nSPS) is 11.6. The van der Waals surface area contributed by atoms with Gasteiger partial charge in [-0.3, -0.25) is 4.79 Å². The van der Waals surface area contributed by atoms with Crippen LogP contribution >= 0.6 is 11.3 Å². The molecule has 22 heavy (non-hydrogen) atoms. The molecule has 0 atom stereocenters. The largest absolute Gasteiger partial charge is 0.462 e. The molecular weight excluding hydrogens is 321 g/mol. The van der Waals surface area contributed by atoms with Crippen molar-refractivity contribution in [3.05, 3.63) is 29.0 Å². The fourth-order valence-electron chi connectivity index (χ4n) is 1.62. The number of alkyl halides is 3. The molecule has 0 spiro atoms. The van der Waals surface area contributed by atoms with Crippen molar-refractivity contribution < 1.29 is 27.1 Å². The number of thiazole rings is 1. The summed E-state index contributed by atoms with van der Waals surface area (Å²) in [7, 11) is 0. The monoisotopic (exact) mass is 334 g/mol. The number of hydrogen-bond acceptors (Lipinski definition) is 5. The van der Waals surface area contributed by atoms with Gasteiger partial charge in [0.05, 0.1) is 12.9 Å². The molecule has 120 valence electrons. The molecule has 5 nitrogen and oxygen atoms in total. The van der Waals surface area contributed by atoms with Gasteiger partial charge in [0.15, 0.2) is 10.8 Å². The number of hydrogen-bond donors (Lipinski definition) is 1. The highest BCUT2D eigenvalue weighted by Crippen LogP contribution is 2.27. The number of halogens is 3. The molecule has 9 heteroatoms. The SMILES string of the molecule is Cc1sc(-c2ccco2)nc1C(=O)NCCOCC(F)(F)F. The summed E-state index contributed by atoms with van der Waals surface area (Å²) in [6, 6.07) is 3.44. The van der Waals surface area contributed by atoms with Crippen molar-refractivity contribution in [1.29, 1.82) is 0 Å². The number of ether oxygens (including phenoxy) is 1. The Labute approximate surface area is 128 Å². The molecule has 0 aliphatic carbocycles. The fourth-order valence-corrected chi connectivity index (χ4v) is 2.50. The molecule has 2 rings (SSSR count). The van der Waals surface area contributed by atoms with E-state index in [1.165, 1.54) is 17.6 Å². The van der Waals surface area contributed by atoms with Crippen LogP contribution in [0.3, 0.4) is 0 Å². The number of nitrogens with one attached hydrogen (secondary N) is 1.